The summed E-state index contributed by atoms with van der Waals surface area (Å²) in [5.41, 5.74) is 7.46. The van der Waals surface area contributed by atoms with Crippen LogP contribution in [0.25, 0.3) is 0 Å². The Hall–Kier alpha value is -3.09. The zero-order valence-electron chi connectivity index (χ0n) is 19.6. The number of nitrogens with one attached hydrogen (secondary N) is 1. The normalized spacial score (nSPS) is 12.9. The fourth-order valence-electron chi connectivity index (χ4n) is 3.61. The summed E-state index contributed by atoms with van der Waals surface area (Å²) in [4.78, 5) is 22.6. The second kappa shape index (κ2) is 10.5. The Morgan fingerprint density at radius 3 is 2.35 bits per heavy atom. The van der Waals surface area contributed by atoms with Crippen molar-refractivity contribution in [1.29, 1.82) is 0 Å². The first-order valence-corrected chi connectivity index (χ1v) is 12.3. The van der Waals surface area contributed by atoms with Crippen molar-refractivity contribution in [1.82, 2.24) is 0 Å². The van der Waals surface area contributed by atoms with Crippen LogP contribution in [0, 0.1) is 20.8 Å². The number of nitrogens with zero attached hydrogens (tertiary/aromatic N) is 2. The van der Waals surface area contributed by atoms with Gasteiger partial charge in [0.15, 0.2) is 0 Å². The molecule has 3 aromatic carbocycles. The van der Waals surface area contributed by atoms with Crippen LogP contribution in [0.5, 0.6) is 5.75 Å². The second-order valence-electron chi connectivity index (χ2n) is 8.17. The van der Waals surface area contributed by atoms with Gasteiger partial charge < -0.3 is 10.1 Å². The van der Waals surface area contributed by atoms with Crippen LogP contribution in [0.4, 0.5) is 17.1 Å². The maximum absolute atomic E-state index is 12.8. The van der Waals surface area contributed by atoms with Gasteiger partial charge in [-0.15, -0.1) is 11.8 Å². The van der Waals surface area contributed by atoms with Gasteiger partial charge in [-0.05, 0) is 61.2 Å². The molecule has 1 aliphatic heterocycles. The van der Waals surface area contributed by atoms with E-state index < -0.39 is 0 Å². The summed E-state index contributed by atoms with van der Waals surface area (Å²) in [6.45, 7) is 6.03. The molecule has 0 saturated carbocycles. The van der Waals surface area contributed by atoms with E-state index in [1.54, 1.807) is 13.2 Å². The topological polar surface area (TPSA) is 63.0 Å². The van der Waals surface area contributed by atoms with E-state index in [0.717, 1.165) is 38.8 Å². The summed E-state index contributed by atoms with van der Waals surface area (Å²) in [6.07, 6.45) is 0.554. The minimum absolute atomic E-state index is 0.143. The van der Waals surface area contributed by atoms with Crippen LogP contribution < -0.4 is 10.1 Å². The van der Waals surface area contributed by atoms with E-state index in [2.05, 4.69) is 43.4 Å². The molecule has 3 aromatic rings. The van der Waals surface area contributed by atoms with Crippen LogP contribution in [-0.2, 0) is 4.79 Å². The van der Waals surface area contributed by atoms with Crippen LogP contribution in [-0.4, -0.2) is 29.5 Å². The number of aliphatic imine (C=N–C) groups is 2. The first kappa shape index (κ1) is 24.0. The lowest BCUT2D eigenvalue weighted by atomic mass is 10.1. The summed E-state index contributed by atoms with van der Waals surface area (Å²) in [6, 6.07) is 17.8. The summed E-state index contributed by atoms with van der Waals surface area (Å²) < 4.78 is 5.37. The number of hydrogen-bond acceptors (Lipinski definition) is 5. The number of carbonyl (C=O) groups excluding carboxylic acids is 1. The molecule has 0 aromatic heterocycles. The number of carbonyl (C=O) groups is 1. The van der Waals surface area contributed by atoms with Crippen LogP contribution in [0.2, 0.25) is 5.02 Å². The van der Waals surface area contributed by atoms with Crippen molar-refractivity contribution >= 4 is 57.1 Å². The lowest BCUT2D eigenvalue weighted by molar-refractivity contribution is -0.113. The number of halogens is 1. The minimum atomic E-state index is -0.143. The molecule has 0 fully saturated rings. The zero-order chi connectivity index (χ0) is 24.2. The Labute approximate surface area is 209 Å². The Morgan fingerprint density at radius 1 is 1.00 bits per heavy atom. The molecular formula is C27H26ClN3O2S. The van der Waals surface area contributed by atoms with Crippen molar-refractivity contribution in [2.24, 2.45) is 9.98 Å². The van der Waals surface area contributed by atoms with Crippen LogP contribution in [0.15, 0.2) is 64.6 Å². The maximum atomic E-state index is 12.8. The predicted octanol–water partition coefficient (Wildman–Crippen LogP) is 7.20. The quantitative estimate of drug-likeness (QED) is 0.410. The molecule has 0 saturated heterocycles. The van der Waals surface area contributed by atoms with Crippen molar-refractivity contribution in [3.8, 4) is 5.75 Å². The SMILES string of the molecule is COc1cc(Cl)c(C)cc1NC(=O)CSC1=Nc2cc(C)c(C)cc2N=C(c2ccccc2)C1. The highest BCUT2D eigenvalue weighted by Gasteiger charge is 2.18. The lowest BCUT2D eigenvalue weighted by Gasteiger charge is -2.12. The molecule has 0 unspecified atom stereocenters. The predicted molar refractivity (Wildman–Crippen MR) is 144 cm³/mol. The van der Waals surface area contributed by atoms with Gasteiger partial charge in [0, 0.05) is 17.5 Å². The van der Waals surface area contributed by atoms with Gasteiger partial charge >= 0.3 is 0 Å². The molecule has 0 atom stereocenters. The first-order valence-electron chi connectivity index (χ1n) is 10.9. The van der Waals surface area contributed by atoms with Crippen molar-refractivity contribution in [2.45, 2.75) is 27.2 Å². The number of fused-ring (bicyclic) bond motifs is 1. The largest absolute Gasteiger partial charge is 0.495 e. The fraction of sp³-hybridized carbons (Fsp3) is 0.222. The standard InChI is InChI=1S/C27H26ClN3O2S/c1-16-10-22-23(11-17(16)2)31-27(14-21(29-22)19-8-6-5-7-9-19)34-15-26(32)30-24-12-18(3)20(28)13-25(24)33-4/h5-13H,14-15H2,1-4H3,(H,30,32). The summed E-state index contributed by atoms with van der Waals surface area (Å²) >= 11 is 7.60. The number of methoxy groups -OCH3 is 1. The number of thioether (sulfide) groups is 1. The number of hydrogen-bond donors (Lipinski definition) is 1. The van der Waals surface area contributed by atoms with Crippen LogP contribution in [0.1, 0.15) is 28.7 Å². The number of aryl methyl sites for hydroxylation is 3. The van der Waals surface area contributed by atoms with Gasteiger partial charge in [0.05, 0.1) is 40.7 Å². The number of anilines is 1. The molecule has 1 N–H and O–H groups in total. The zero-order valence-corrected chi connectivity index (χ0v) is 21.2. The van der Waals surface area contributed by atoms with Gasteiger partial charge in [-0.25, -0.2) is 4.99 Å². The lowest BCUT2D eigenvalue weighted by Crippen LogP contribution is -2.17. The van der Waals surface area contributed by atoms with Gasteiger partial charge in [0.2, 0.25) is 5.91 Å². The van der Waals surface area contributed by atoms with E-state index in [-0.39, 0.29) is 11.7 Å². The number of amides is 1. The van der Waals surface area contributed by atoms with E-state index in [1.807, 2.05) is 31.2 Å². The second-order valence-corrected chi connectivity index (χ2v) is 9.63. The third-order valence-corrected chi connectivity index (χ3v) is 7.02. The maximum Gasteiger partial charge on any atom is 0.234 e. The average Bonchev–Trinajstić information content (AvgIpc) is 3.00. The summed E-state index contributed by atoms with van der Waals surface area (Å²) in [7, 11) is 1.55. The first-order chi connectivity index (χ1) is 16.3. The van der Waals surface area contributed by atoms with Crippen LogP contribution in [0.3, 0.4) is 0 Å². The van der Waals surface area contributed by atoms with E-state index in [0.29, 0.717) is 22.9 Å². The Morgan fingerprint density at radius 2 is 1.68 bits per heavy atom. The molecule has 0 aliphatic carbocycles. The summed E-state index contributed by atoms with van der Waals surface area (Å²) in [5.74, 6) is 0.598. The van der Waals surface area contributed by atoms with E-state index in [1.165, 1.54) is 17.3 Å². The highest BCUT2D eigenvalue weighted by Crippen LogP contribution is 2.36. The van der Waals surface area contributed by atoms with E-state index >= 15 is 0 Å². The molecular weight excluding hydrogens is 466 g/mol. The highest BCUT2D eigenvalue weighted by atomic mass is 35.5. The van der Waals surface area contributed by atoms with Crippen molar-refractivity contribution in [3.05, 3.63) is 81.9 Å². The van der Waals surface area contributed by atoms with Gasteiger partial charge in [-0.2, -0.15) is 0 Å². The molecule has 1 aliphatic rings. The molecule has 4 rings (SSSR count). The number of benzene rings is 3. The molecule has 1 amide bonds. The smallest absolute Gasteiger partial charge is 0.234 e. The van der Waals surface area contributed by atoms with E-state index in [4.69, 9.17) is 26.3 Å². The van der Waals surface area contributed by atoms with Gasteiger partial charge in [-0.3, -0.25) is 9.79 Å². The van der Waals surface area contributed by atoms with Crippen molar-refractivity contribution < 1.29 is 9.53 Å². The summed E-state index contributed by atoms with van der Waals surface area (Å²) in [5, 5.41) is 4.37. The molecule has 34 heavy (non-hydrogen) atoms. The number of ether oxygens (including phenoxy) is 1. The molecule has 1 heterocycles. The van der Waals surface area contributed by atoms with Gasteiger partial charge in [0.25, 0.3) is 0 Å². The van der Waals surface area contributed by atoms with Crippen molar-refractivity contribution in [2.75, 3.05) is 18.2 Å². The fourth-order valence-corrected chi connectivity index (χ4v) is 4.54. The molecule has 7 heteroatoms. The van der Waals surface area contributed by atoms with Crippen LogP contribution >= 0.6 is 23.4 Å². The molecule has 0 bridgehead atoms. The third kappa shape index (κ3) is 5.51. The Kier molecular flexibility index (Phi) is 7.39. The number of rotatable bonds is 5. The molecule has 5 nitrogen and oxygen atoms in total. The monoisotopic (exact) mass is 491 g/mol. The van der Waals surface area contributed by atoms with Crippen molar-refractivity contribution in [3.63, 3.8) is 0 Å². The minimum Gasteiger partial charge on any atom is -0.495 e. The van der Waals surface area contributed by atoms with Gasteiger partial charge in [0.1, 0.15) is 5.75 Å². The highest BCUT2D eigenvalue weighted by molar-refractivity contribution is 8.14. The average molecular weight is 492 g/mol. The molecule has 174 valence electrons. The molecule has 0 spiro atoms. The van der Waals surface area contributed by atoms with E-state index in [9.17, 15) is 4.79 Å². The Balaban J connectivity index is 1.57. The van der Waals surface area contributed by atoms with Gasteiger partial charge in [-0.1, -0.05) is 41.9 Å². The third-order valence-electron chi connectivity index (χ3n) is 5.64. The Bertz CT molecular complexity index is 1300. The molecule has 0 radical (unpaired) electrons.